The lowest BCUT2D eigenvalue weighted by molar-refractivity contribution is 0.167. The van der Waals surface area contributed by atoms with E-state index in [2.05, 4.69) is 10.4 Å². The number of pyridine rings is 1. The van der Waals surface area contributed by atoms with E-state index in [9.17, 15) is 8.42 Å². The van der Waals surface area contributed by atoms with Gasteiger partial charge in [0.2, 0.25) is 10.0 Å². The molecule has 1 atom stereocenters. The van der Waals surface area contributed by atoms with E-state index in [1.54, 1.807) is 7.11 Å². The molecule has 0 radical (unpaired) electrons. The number of ether oxygens (including phenoxy) is 1. The van der Waals surface area contributed by atoms with Crippen LogP contribution in [0.4, 0.5) is 5.69 Å². The molecule has 114 valence electrons. The molecule has 8 heteroatoms. The number of methoxy groups -OCH3 is 1. The second-order valence-corrected chi connectivity index (χ2v) is 6.24. The Morgan fingerprint density at radius 1 is 1.55 bits per heavy atom. The maximum atomic E-state index is 12.8. The molecule has 3 N–H and O–H groups in total. The summed E-state index contributed by atoms with van der Waals surface area (Å²) in [6.07, 6.45) is 3.48. The second-order valence-electron chi connectivity index (χ2n) is 4.38. The quantitative estimate of drug-likeness (QED) is 0.544. The summed E-state index contributed by atoms with van der Waals surface area (Å²) in [4.78, 5) is 3.94. The van der Waals surface area contributed by atoms with Crippen molar-refractivity contribution in [2.24, 2.45) is 5.84 Å². The van der Waals surface area contributed by atoms with E-state index in [-0.39, 0.29) is 17.5 Å². The largest absolute Gasteiger partial charge is 0.383 e. The minimum absolute atomic E-state index is 0.0684. The van der Waals surface area contributed by atoms with Crippen LogP contribution in [0.5, 0.6) is 0 Å². The zero-order valence-corrected chi connectivity index (χ0v) is 12.9. The van der Waals surface area contributed by atoms with Crippen molar-refractivity contribution in [2.75, 3.05) is 25.7 Å². The zero-order valence-electron chi connectivity index (χ0n) is 12.0. The number of hydrogen-bond acceptors (Lipinski definition) is 6. The fourth-order valence-electron chi connectivity index (χ4n) is 1.79. The summed E-state index contributed by atoms with van der Waals surface area (Å²) in [7, 11) is -2.14. The number of nitrogen functional groups attached to an aromatic ring is 1. The van der Waals surface area contributed by atoms with E-state index >= 15 is 0 Å². The summed E-state index contributed by atoms with van der Waals surface area (Å²) >= 11 is 0. The standard InChI is InChI=1S/C12H22N4O3S/c1-4-10(2)16(7-8-19-3)20(17,18)12-9-14-6-5-11(12)15-13/h5-6,9-10H,4,7-8,13H2,1-3H3,(H,14,15). The Morgan fingerprint density at radius 3 is 2.80 bits per heavy atom. The van der Waals surface area contributed by atoms with E-state index < -0.39 is 10.0 Å². The fraction of sp³-hybridized carbons (Fsp3) is 0.583. The van der Waals surface area contributed by atoms with Crippen molar-refractivity contribution in [3.63, 3.8) is 0 Å². The molecule has 1 unspecified atom stereocenters. The summed E-state index contributed by atoms with van der Waals surface area (Å²) in [6.45, 7) is 4.41. The number of anilines is 1. The monoisotopic (exact) mass is 302 g/mol. The van der Waals surface area contributed by atoms with Crippen LogP contribution in [0.25, 0.3) is 0 Å². The van der Waals surface area contributed by atoms with E-state index in [0.29, 0.717) is 18.7 Å². The molecule has 1 heterocycles. The zero-order chi connectivity index (χ0) is 15.2. The number of nitrogens with one attached hydrogen (secondary N) is 1. The third-order valence-electron chi connectivity index (χ3n) is 3.12. The van der Waals surface area contributed by atoms with Crippen molar-refractivity contribution in [1.29, 1.82) is 0 Å². The molecule has 20 heavy (non-hydrogen) atoms. The minimum Gasteiger partial charge on any atom is -0.383 e. The van der Waals surface area contributed by atoms with Gasteiger partial charge in [-0.1, -0.05) is 6.92 Å². The van der Waals surface area contributed by atoms with Gasteiger partial charge in [-0.05, 0) is 19.4 Å². The Hall–Kier alpha value is -1.22. The molecule has 0 amide bonds. The summed E-state index contributed by atoms with van der Waals surface area (Å²) in [5.74, 6) is 5.37. The third kappa shape index (κ3) is 3.66. The lowest BCUT2D eigenvalue weighted by Crippen LogP contribution is -2.40. The number of hydrazine groups is 1. The highest BCUT2D eigenvalue weighted by Crippen LogP contribution is 2.24. The molecule has 0 aliphatic rings. The van der Waals surface area contributed by atoms with Gasteiger partial charge < -0.3 is 10.2 Å². The van der Waals surface area contributed by atoms with E-state index in [1.165, 1.54) is 22.8 Å². The number of nitrogens with zero attached hydrogens (tertiary/aromatic N) is 2. The van der Waals surface area contributed by atoms with Crippen LogP contribution < -0.4 is 11.3 Å². The molecule has 0 aromatic carbocycles. The first-order chi connectivity index (χ1) is 9.48. The first-order valence-corrected chi connectivity index (χ1v) is 7.84. The van der Waals surface area contributed by atoms with Gasteiger partial charge >= 0.3 is 0 Å². The molecule has 1 aromatic heterocycles. The number of hydrogen-bond donors (Lipinski definition) is 2. The lowest BCUT2D eigenvalue weighted by atomic mass is 10.3. The summed E-state index contributed by atoms with van der Waals surface area (Å²) in [6, 6.07) is 1.39. The molecule has 7 nitrogen and oxygen atoms in total. The maximum absolute atomic E-state index is 12.8. The first kappa shape index (κ1) is 16.8. The smallest absolute Gasteiger partial charge is 0.247 e. The molecular formula is C12H22N4O3S. The van der Waals surface area contributed by atoms with Crippen LogP contribution in [0.15, 0.2) is 23.4 Å². The third-order valence-corrected chi connectivity index (χ3v) is 5.17. The molecule has 1 aromatic rings. The van der Waals surface area contributed by atoms with Gasteiger partial charge in [0.25, 0.3) is 0 Å². The van der Waals surface area contributed by atoms with Gasteiger partial charge in [-0.2, -0.15) is 4.31 Å². The summed E-state index contributed by atoms with van der Waals surface area (Å²) < 4.78 is 31.9. The van der Waals surface area contributed by atoms with Gasteiger partial charge in [-0.15, -0.1) is 0 Å². The summed E-state index contributed by atoms with van der Waals surface area (Å²) in [5.41, 5.74) is 2.72. The molecule has 0 fully saturated rings. The van der Waals surface area contributed by atoms with Crippen LogP contribution in [0.1, 0.15) is 20.3 Å². The molecule has 0 bridgehead atoms. The summed E-state index contributed by atoms with van der Waals surface area (Å²) in [5, 5.41) is 0. The van der Waals surface area contributed by atoms with Crippen molar-refractivity contribution >= 4 is 15.7 Å². The number of aromatic nitrogens is 1. The van der Waals surface area contributed by atoms with Crippen molar-refractivity contribution in [3.8, 4) is 0 Å². The van der Waals surface area contributed by atoms with Crippen molar-refractivity contribution in [1.82, 2.24) is 9.29 Å². The average molecular weight is 302 g/mol. The van der Waals surface area contributed by atoms with Gasteiger partial charge in [0.15, 0.2) is 0 Å². The molecule has 0 spiro atoms. The van der Waals surface area contributed by atoms with Crippen LogP contribution in [0.2, 0.25) is 0 Å². The molecule has 1 rings (SSSR count). The van der Waals surface area contributed by atoms with Gasteiger partial charge in [0, 0.05) is 32.1 Å². The second kappa shape index (κ2) is 7.53. The van der Waals surface area contributed by atoms with Crippen LogP contribution >= 0.6 is 0 Å². The number of nitrogens with two attached hydrogens (primary N) is 1. The highest BCUT2D eigenvalue weighted by atomic mass is 32.2. The highest BCUT2D eigenvalue weighted by molar-refractivity contribution is 7.89. The average Bonchev–Trinajstić information content (AvgIpc) is 2.46. The Balaban J connectivity index is 3.21. The Labute approximate surface area is 120 Å². The fourth-order valence-corrected chi connectivity index (χ4v) is 3.58. The van der Waals surface area contributed by atoms with E-state index in [4.69, 9.17) is 10.6 Å². The van der Waals surface area contributed by atoms with Gasteiger partial charge in [-0.25, -0.2) is 8.42 Å². The maximum Gasteiger partial charge on any atom is 0.247 e. The molecule has 0 saturated heterocycles. The van der Waals surface area contributed by atoms with Crippen LogP contribution in [-0.4, -0.2) is 44.0 Å². The van der Waals surface area contributed by atoms with Crippen LogP contribution in [-0.2, 0) is 14.8 Å². The molecular weight excluding hydrogens is 280 g/mol. The lowest BCUT2D eigenvalue weighted by Gasteiger charge is -2.28. The minimum atomic E-state index is -3.68. The molecule has 0 saturated carbocycles. The Morgan fingerprint density at radius 2 is 2.25 bits per heavy atom. The highest BCUT2D eigenvalue weighted by Gasteiger charge is 2.30. The number of rotatable bonds is 8. The predicted octanol–water partition coefficient (Wildman–Crippen LogP) is 0.803. The van der Waals surface area contributed by atoms with Crippen molar-refractivity contribution < 1.29 is 13.2 Å². The topological polar surface area (TPSA) is 97.5 Å². The Kier molecular flexibility index (Phi) is 6.34. The molecule has 0 aliphatic heterocycles. The predicted molar refractivity (Wildman–Crippen MR) is 77.6 cm³/mol. The van der Waals surface area contributed by atoms with Gasteiger partial charge in [-0.3, -0.25) is 10.8 Å². The number of sulfonamides is 1. The van der Waals surface area contributed by atoms with Crippen molar-refractivity contribution in [3.05, 3.63) is 18.5 Å². The SMILES string of the molecule is CCC(C)N(CCOC)S(=O)(=O)c1cnccc1NN. The van der Waals surface area contributed by atoms with E-state index in [0.717, 1.165) is 0 Å². The van der Waals surface area contributed by atoms with E-state index in [1.807, 2.05) is 13.8 Å². The van der Waals surface area contributed by atoms with Crippen molar-refractivity contribution in [2.45, 2.75) is 31.2 Å². The van der Waals surface area contributed by atoms with Crippen LogP contribution in [0, 0.1) is 0 Å². The first-order valence-electron chi connectivity index (χ1n) is 6.40. The Bertz CT molecular complexity index is 521. The van der Waals surface area contributed by atoms with Gasteiger partial charge in [0.05, 0.1) is 12.3 Å². The molecule has 0 aliphatic carbocycles. The van der Waals surface area contributed by atoms with Crippen LogP contribution in [0.3, 0.4) is 0 Å². The van der Waals surface area contributed by atoms with Gasteiger partial charge in [0.1, 0.15) is 4.90 Å². The normalized spacial score (nSPS) is 13.4.